The Morgan fingerprint density at radius 1 is 1.16 bits per heavy atom. The number of nitrogens with zero attached hydrogens (tertiary/aromatic N) is 3. The molecule has 25 heavy (non-hydrogen) atoms. The van der Waals surface area contributed by atoms with Crippen LogP contribution >= 0.6 is 15.9 Å². The van der Waals surface area contributed by atoms with Crippen molar-refractivity contribution < 1.29 is 4.79 Å². The summed E-state index contributed by atoms with van der Waals surface area (Å²) in [7, 11) is 3.96. The summed E-state index contributed by atoms with van der Waals surface area (Å²) in [6.45, 7) is 1.38. The number of pyridine rings is 2. The zero-order valence-electron chi connectivity index (χ0n) is 14.2. The molecule has 0 aliphatic heterocycles. The maximum Gasteiger partial charge on any atom is 0.252 e. The summed E-state index contributed by atoms with van der Waals surface area (Å²) < 4.78 is 0.917. The Labute approximate surface area is 155 Å². The highest BCUT2D eigenvalue weighted by Crippen LogP contribution is 2.27. The molecule has 1 N–H and O–H groups in total. The quantitative estimate of drug-likeness (QED) is 0.715. The highest BCUT2D eigenvalue weighted by molar-refractivity contribution is 9.10. The fourth-order valence-corrected chi connectivity index (χ4v) is 2.91. The number of amides is 1. The Bertz CT molecular complexity index is 897. The fourth-order valence-electron chi connectivity index (χ4n) is 2.54. The molecule has 0 saturated heterocycles. The number of aromatic nitrogens is 2. The Morgan fingerprint density at radius 2 is 1.92 bits per heavy atom. The Balaban J connectivity index is 2.04. The number of hydrogen-bond donors (Lipinski definition) is 1. The summed E-state index contributed by atoms with van der Waals surface area (Å²) in [5.74, 6) is -0.0948. The second-order valence-electron chi connectivity index (χ2n) is 6.01. The minimum absolute atomic E-state index is 0.0948. The van der Waals surface area contributed by atoms with Crippen LogP contribution in [0, 0.1) is 0 Å². The van der Waals surface area contributed by atoms with E-state index >= 15 is 0 Å². The Morgan fingerprint density at radius 3 is 2.64 bits per heavy atom. The molecule has 6 heteroatoms. The maximum atomic E-state index is 12.7. The van der Waals surface area contributed by atoms with E-state index in [1.807, 2.05) is 55.4 Å². The molecule has 1 aromatic carbocycles. The van der Waals surface area contributed by atoms with Gasteiger partial charge in [0.25, 0.3) is 5.91 Å². The average Bonchev–Trinajstić information content (AvgIpc) is 2.61. The van der Waals surface area contributed by atoms with E-state index in [9.17, 15) is 4.79 Å². The monoisotopic (exact) mass is 398 g/mol. The van der Waals surface area contributed by atoms with Crippen LogP contribution in [0.25, 0.3) is 22.2 Å². The predicted octanol–water partition coefficient (Wildman–Crippen LogP) is 3.35. The van der Waals surface area contributed by atoms with Gasteiger partial charge in [-0.15, -0.1) is 0 Å². The van der Waals surface area contributed by atoms with E-state index in [1.54, 1.807) is 12.4 Å². The van der Waals surface area contributed by atoms with Gasteiger partial charge in [-0.05, 0) is 50.5 Å². The van der Waals surface area contributed by atoms with Crippen LogP contribution in [0.4, 0.5) is 0 Å². The molecule has 128 valence electrons. The van der Waals surface area contributed by atoms with Crippen LogP contribution in [0.2, 0.25) is 0 Å². The van der Waals surface area contributed by atoms with Crippen LogP contribution in [0.5, 0.6) is 0 Å². The number of nitrogens with one attached hydrogen (secondary N) is 1. The molecule has 0 radical (unpaired) electrons. The number of hydrogen-bond acceptors (Lipinski definition) is 4. The molecule has 0 unspecified atom stereocenters. The number of fused-ring (bicyclic) bond motifs is 1. The molecule has 0 fully saturated rings. The Hall–Kier alpha value is -2.31. The second-order valence-corrected chi connectivity index (χ2v) is 6.93. The molecule has 0 spiro atoms. The van der Waals surface area contributed by atoms with Crippen LogP contribution in [-0.2, 0) is 0 Å². The SMILES string of the molecule is CN(C)CCNC(=O)c1cc(-c2ccncc2)nc2ccc(Br)cc12. The number of carbonyl (C=O) groups excluding carboxylic acids is 1. The largest absolute Gasteiger partial charge is 0.351 e. The van der Waals surface area contributed by atoms with Crippen LogP contribution in [0.3, 0.4) is 0 Å². The lowest BCUT2D eigenvalue weighted by molar-refractivity contribution is 0.0952. The lowest BCUT2D eigenvalue weighted by Gasteiger charge is -2.13. The molecular weight excluding hydrogens is 380 g/mol. The Kier molecular flexibility index (Phi) is 5.40. The predicted molar refractivity (Wildman–Crippen MR) is 104 cm³/mol. The van der Waals surface area contributed by atoms with Crippen LogP contribution in [-0.4, -0.2) is 48.0 Å². The normalized spacial score (nSPS) is 11.0. The molecule has 3 rings (SSSR count). The molecular formula is C19H19BrN4O. The second kappa shape index (κ2) is 7.72. The zero-order chi connectivity index (χ0) is 17.8. The molecule has 0 bridgehead atoms. The minimum atomic E-state index is -0.0948. The van der Waals surface area contributed by atoms with Gasteiger partial charge in [-0.3, -0.25) is 9.78 Å². The van der Waals surface area contributed by atoms with Gasteiger partial charge in [0.1, 0.15) is 0 Å². The number of carbonyl (C=O) groups is 1. The molecule has 5 nitrogen and oxygen atoms in total. The maximum absolute atomic E-state index is 12.7. The minimum Gasteiger partial charge on any atom is -0.351 e. The first-order valence-electron chi connectivity index (χ1n) is 7.98. The van der Waals surface area contributed by atoms with Crippen molar-refractivity contribution in [2.24, 2.45) is 0 Å². The summed E-state index contributed by atoms with van der Waals surface area (Å²) in [6.07, 6.45) is 3.44. The molecule has 2 aromatic heterocycles. The molecule has 0 saturated carbocycles. The summed E-state index contributed by atoms with van der Waals surface area (Å²) in [5, 5.41) is 3.81. The van der Waals surface area contributed by atoms with Gasteiger partial charge in [-0.25, -0.2) is 4.98 Å². The van der Waals surface area contributed by atoms with Gasteiger partial charge in [-0.1, -0.05) is 15.9 Å². The zero-order valence-corrected chi connectivity index (χ0v) is 15.7. The third kappa shape index (κ3) is 4.21. The van der Waals surface area contributed by atoms with Crippen molar-refractivity contribution >= 4 is 32.7 Å². The van der Waals surface area contributed by atoms with Gasteiger partial charge >= 0.3 is 0 Å². The van der Waals surface area contributed by atoms with Crippen molar-refractivity contribution in [1.29, 1.82) is 0 Å². The van der Waals surface area contributed by atoms with E-state index in [0.717, 1.165) is 33.2 Å². The van der Waals surface area contributed by atoms with E-state index in [4.69, 9.17) is 4.98 Å². The average molecular weight is 399 g/mol. The first-order valence-corrected chi connectivity index (χ1v) is 8.77. The lowest BCUT2D eigenvalue weighted by atomic mass is 10.0. The topological polar surface area (TPSA) is 58.1 Å². The third-order valence-electron chi connectivity index (χ3n) is 3.84. The van der Waals surface area contributed by atoms with E-state index in [0.29, 0.717) is 12.1 Å². The molecule has 0 aliphatic rings. The van der Waals surface area contributed by atoms with Gasteiger partial charge in [0, 0.05) is 40.9 Å². The van der Waals surface area contributed by atoms with E-state index < -0.39 is 0 Å². The van der Waals surface area contributed by atoms with Gasteiger partial charge in [0.2, 0.25) is 0 Å². The van der Waals surface area contributed by atoms with Gasteiger partial charge in [-0.2, -0.15) is 0 Å². The van der Waals surface area contributed by atoms with Crippen molar-refractivity contribution in [3.8, 4) is 11.3 Å². The van der Waals surface area contributed by atoms with Crippen molar-refractivity contribution in [3.63, 3.8) is 0 Å². The number of benzene rings is 1. The lowest BCUT2D eigenvalue weighted by Crippen LogP contribution is -2.31. The summed E-state index contributed by atoms with van der Waals surface area (Å²) in [4.78, 5) is 23.5. The molecule has 3 aromatic rings. The van der Waals surface area contributed by atoms with Gasteiger partial charge < -0.3 is 10.2 Å². The number of likely N-dealkylation sites (N-methyl/N-ethyl adjacent to an activating group) is 1. The summed E-state index contributed by atoms with van der Waals surface area (Å²) >= 11 is 3.48. The highest BCUT2D eigenvalue weighted by Gasteiger charge is 2.14. The first kappa shape index (κ1) is 17.5. The summed E-state index contributed by atoms with van der Waals surface area (Å²) in [5.41, 5.74) is 3.10. The highest BCUT2D eigenvalue weighted by atomic mass is 79.9. The van der Waals surface area contributed by atoms with Crippen molar-refractivity contribution in [2.75, 3.05) is 27.2 Å². The van der Waals surface area contributed by atoms with Crippen LogP contribution in [0.1, 0.15) is 10.4 Å². The van der Waals surface area contributed by atoms with Crippen molar-refractivity contribution in [2.45, 2.75) is 0 Å². The molecule has 0 aliphatic carbocycles. The van der Waals surface area contributed by atoms with E-state index in [1.165, 1.54) is 0 Å². The van der Waals surface area contributed by atoms with Crippen molar-refractivity contribution in [1.82, 2.24) is 20.2 Å². The van der Waals surface area contributed by atoms with Crippen LogP contribution < -0.4 is 5.32 Å². The third-order valence-corrected chi connectivity index (χ3v) is 4.33. The molecule has 2 heterocycles. The fraction of sp³-hybridized carbons (Fsp3) is 0.211. The first-order chi connectivity index (χ1) is 12.0. The van der Waals surface area contributed by atoms with Crippen LogP contribution in [0.15, 0.2) is 53.3 Å². The van der Waals surface area contributed by atoms with E-state index in [-0.39, 0.29) is 5.91 Å². The summed E-state index contributed by atoms with van der Waals surface area (Å²) in [6, 6.07) is 11.4. The van der Waals surface area contributed by atoms with Crippen molar-refractivity contribution in [3.05, 3.63) is 58.8 Å². The number of rotatable bonds is 5. The molecule has 0 atom stereocenters. The molecule has 1 amide bonds. The number of halogens is 1. The van der Waals surface area contributed by atoms with Gasteiger partial charge in [0.15, 0.2) is 0 Å². The standard InChI is InChI=1S/C19H19BrN4O/c1-24(2)10-9-22-19(25)16-12-18(13-5-7-21-8-6-13)23-17-4-3-14(20)11-15(16)17/h3-8,11-12H,9-10H2,1-2H3,(H,22,25). The smallest absolute Gasteiger partial charge is 0.252 e. The van der Waals surface area contributed by atoms with Gasteiger partial charge in [0.05, 0.1) is 16.8 Å². The van der Waals surface area contributed by atoms with E-state index in [2.05, 4.69) is 26.2 Å².